The maximum absolute atomic E-state index is 5.71. The Hall–Kier alpha value is -1.86. The Kier molecular flexibility index (Phi) is 7.71. The maximum atomic E-state index is 5.71. The molecular weight excluding hydrogens is 328 g/mol. The van der Waals surface area contributed by atoms with Gasteiger partial charge in [0.25, 0.3) is 0 Å². The lowest BCUT2D eigenvalue weighted by Gasteiger charge is -2.27. The van der Waals surface area contributed by atoms with E-state index < -0.39 is 0 Å². The minimum absolute atomic E-state index is 0.717. The van der Waals surface area contributed by atoms with Crippen LogP contribution in [-0.2, 0) is 11.3 Å². The molecule has 144 valence electrons. The van der Waals surface area contributed by atoms with Crippen LogP contribution in [0.3, 0.4) is 0 Å². The summed E-state index contributed by atoms with van der Waals surface area (Å²) >= 11 is 0. The lowest BCUT2D eigenvalue weighted by Crippen LogP contribution is -2.11. The normalized spacial score (nSPS) is 20.2. The summed E-state index contributed by atoms with van der Waals surface area (Å²) in [6.07, 6.45) is 12.2. The van der Waals surface area contributed by atoms with Gasteiger partial charge >= 0.3 is 0 Å². The second-order valence-electron chi connectivity index (χ2n) is 7.86. The van der Waals surface area contributed by atoms with E-state index in [1.54, 1.807) is 0 Å². The second-order valence-corrected chi connectivity index (χ2v) is 7.86. The van der Waals surface area contributed by atoms with Gasteiger partial charge in [-0.25, -0.2) is 0 Å². The van der Waals surface area contributed by atoms with Gasteiger partial charge in [0, 0.05) is 6.61 Å². The zero-order chi connectivity index (χ0) is 18.9. The van der Waals surface area contributed by atoms with Gasteiger partial charge in [0.2, 0.25) is 0 Å². The van der Waals surface area contributed by atoms with Crippen LogP contribution in [0.2, 0.25) is 0 Å². The molecule has 0 aliphatic heterocycles. The van der Waals surface area contributed by atoms with E-state index in [-0.39, 0.29) is 0 Å². The molecule has 0 heterocycles. The van der Waals surface area contributed by atoms with Gasteiger partial charge in [0.1, 0.15) is 0 Å². The topological polar surface area (TPSA) is 9.23 Å². The SMILES string of the molecule is CC=C[C@H]1CC[C@H](c2ccc(-c3ccc(COCCCC)cc3)cc2)CC1. The number of hydrogen-bond donors (Lipinski definition) is 0. The van der Waals surface area contributed by atoms with Crippen LogP contribution in [0.5, 0.6) is 0 Å². The summed E-state index contributed by atoms with van der Waals surface area (Å²) in [5, 5.41) is 0. The molecule has 0 bridgehead atoms. The van der Waals surface area contributed by atoms with Gasteiger partial charge < -0.3 is 4.74 Å². The smallest absolute Gasteiger partial charge is 0.0716 e. The van der Waals surface area contributed by atoms with E-state index in [2.05, 4.69) is 74.5 Å². The molecule has 1 aliphatic carbocycles. The molecule has 1 heteroatoms. The molecule has 1 aliphatic rings. The molecule has 3 rings (SSSR count). The quantitative estimate of drug-likeness (QED) is 0.348. The Labute approximate surface area is 165 Å². The fourth-order valence-electron chi connectivity index (χ4n) is 4.09. The van der Waals surface area contributed by atoms with Crippen molar-refractivity contribution in [1.82, 2.24) is 0 Å². The number of hydrogen-bond acceptors (Lipinski definition) is 1. The molecule has 2 aromatic carbocycles. The van der Waals surface area contributed by atoms with E-state index in [4.69, 9.17) is 4.74 Å². The van der Waals surface area contributed by atoms with E-state index in [0.717, 1.165) is 31.5 Å². The van der Waals surface area contributed by atoms with Gasteiger partial charge in [-0.1, -0.05) is 74.0 Å². The Morgan fingerprint density at radius 1 is 0.889 bits per heavy atom. The molecular formula is C26H34O. The monoisotopic (exact) mass is 362 g/mol. The van der Waals surface area contributed by atoms with Gasteiger partial charge in [0.05, 0.1) is 6.61 Å². The molecule has 0 spiro atoms. The third kappa shape index (κ3) is 5.81. The summed E-state index contributed by atoms with van der Waals surface area (Å²) in [4.78, 5) is 0. The van der Waals surface area contributed by atoms with Crippen molar-refractivity contribution in [2.24, 2.45) is 5.92 Å². The Morgan fingerprint density at radius 3 is 2.11 bits per heavy atom. The summed E-state index contributed by atoms with van der Waals surface area (Å²) < 4.78 is 5.71. The first-order chi connectivity index (χ1) is 13.3. The largest absolute Gasteiger partial charge is 0.377 e. The summed E-state index contributed by atoms with van der Waals surface area (Å²) in [7, 11) is 0. The number of benzene rings is 2. The summed E-state index contributed by atoms with van der Waals surface area (Å²) in [6.45, 7) is 5.90. The average molecular weight is 363 g/mol. The van der Waals surface area contributed by atoms with E-state index >= 15 is 0 Å². The first-order valence-corrected chi connectivity index (χ1v) is 10.7. The summed E-state index contributed by atoms with van der Waals surface area (Å²) in [6, 6.07) is 18.1. The van der Waals surface area contributed by atoms with Crippen molar-refractivity contribution in [3.05, 3.63) is 71.8 Å². The van der Waals surface area contributed by atoms with Gasteiger partial charge in [-0.3, -0.25) is 0 Å². The first kappa shape index (κ1) is 19.9. The van der Waals surface area contributed by atoms with Crippen LogP contribution in [0.25, 0.3) is 11.1 Å². The maximum Gasteiger partial charge on any atom is 0.0716 e. The van der Waals surface area contributed by atoms with E-state index in [1.165, 1.54) is 54.4 Å². The number of rotatable bonds is 8. The molecule has 0 aromatic heterocycles. The van der Waals surface area contributed by atoms with Crippen molar-refractivity contribution in [3.8, 4) is 11.1 Å². The van der Waals surface area contributed by atoms with Crippen LogP contribution >= 0.6 is 0 Å². The standard InChI is InChI=1S/C26H34O/c1-3-5-19-27-20-22-9-13-24(14-10-22)26-17-15-25(16-18-26)23-11-7-21(6-4-2)8-12-23/h4,6,9-10,13-18,21,23H,3,5,7-8,11-12,19-20H2,1-2H3/t21-,23-. The highest BCUT2D eigenvalue weighted by Crippen LogP contribution is 2.36. The predicted molar refractivity (Wildman–Crippen MR) is 116 cm³/mol. The van der Waals surface area contributed by atoms with E-state index in [9.17, 15) is 0 Å². The molecule has 0 radical (unpaired) electrons. The number of unbranched alkanes of at least 4 members (excludes halogenated alkanes) is 1. The lowest BCUT2D eigenvalue weighted by molar-refractivity contribution is 0.118. The minimum atomic E-state index is 0.717. The molecule has 1 saturated carbocycles. The van der Waals surface area contributed by atoms with E-state index in [1.807, 2.05) is 0 Å². The lowest BCUT2D eigenvalue weighted by atomic mass is 9.78. The fraction of sp³-hybridized carbons (Fsp3) is 0.462. The molecule has 0 unspecified atom stereocenters. The molecule has 0 amide bonds. The highest BCUT2D eigenvalue weighted by atomic mass is 16.5. The van der Waals surface area contributed by atoms with Gasteiger partial charge in [0.15, 0.2) is 0 Å². The van der Waals surface area contributed by atoms with Crippen LogP contribution < -0.4 is 0 Å². The molecule has 2 aromatic rings. The summed E-state index contributed by atoms with van der Waals surface area (Å²) in [5.41, 5.74) is 5.36. The third-order valence-electron chi connectivity index (χ3n) is 5.82. The zero-order valence-corrected chi connectivity index (χ0v) is 17.0. The fourth-order valence-corrected chi connectivity index (χ4v) is 4.09. The Balaban J connectivity index is 1.55. The van der Waals surface area contributed by atoms with Crippen LogP contribution in [0.15, 0.2) is 60.7 Å². The predicted octanol–water partition coefficient (Wildman–Crippen LogP) is 7.52. The molecule has 0 atom stereocenters. The van der Waals surface area contributed by atoms with E-state index in [0.29, 0.717) is 0 Å². The molecule has 1 nitrogen and oxygen atoms in total. The van der Waals surface area contributed by atoms with Crippen molar-refractivity contribution in [1.29, 1.82) is 0 Å². The summed E-state index contributed by atoms with van der Waals surface area (Å²) in [5.74, 6) is 1.54. The van der Waals surface area contributed by atoms with Crippen molar-refractivity contribution >= 4 is 0 Å². The number of allylic oxidation sites excluding steroid dienone is 2. The molecule has 1 fully saturated rings. The third-order valence-corrected chi connectivity index (χ3v) is 5.82. The van der Waals surface area contributed by atoms with Crippen LogP contribution in [0.4, 0.5) is 0 Å². The number of ether oxygens (including phenoxy) is 1. The van der Waals surface area contributed by atoms with Crippen LogP contribution in [0, 0.1) is 5.92 Å². The average Bonchev–Trinajstić information content (AvgIpc) is 2.73. The van der Waals surface area contributed by atoms with Gasteiger partial charge in [-0.15, -0.1) is 0 Å². The molecule has 0 N–H and O–H groups in total. The van der Waals surface area contributed by atoms with Crippen molar-refractivity contribution in [3.63, 3.8) is 0 Å². The second kappa shape index (κ2) is 10.5. The zero-order valence-electron chi connectivity index (χ0n) is 17.0. The van der Waals surface area contributed by atoms with Crippen molar-refractivity contribution < 1.29 is 4.74 Å². The van der Waals surface area contributed by atoms with Crippen molar-refractivity contribution in [2.75, 3.05) is 6.61 Å². The first-order valence-electron chi connectivity index (χ1n) is 10.7. The minimum Gasteiger partial charge on any atom is -0.377 e. The highest BCUT2D eigenvalue weighted by molar-refractivity contribution is 5.64. The highest BCUT2D eigenvalue weighted by Gasteiger charge is 2.20. The molecule has 27 heavy (non-hydrogen) atoms. The van der Waals surface area contributed by atoms with Crippen molar-refractivity contribution in [2.45, 2.75) is 64.9 Å². The Bertz CT molecular complexity index is 688. The van der Waals surface area contributed by atoms with Crippen LogP contribution in [0.1, 0.15) is 69.4 Å². The van der Waals surface area contributed by atoms with Crippen LogP contribution in [-0.4, -0.2) is 6.61 Å². The molecule has 0 saturated heterocycles. The van der Waals surface area contributed by atoms with Gasteiger partial charge in [-0.2, -0.15) is 0 Å². The van der Waals surface area contributed by atoms with Gasteiger partial charge in [-0.05, 0) is 73.1 Å². The Morgan fingerprint density at radius 2 is 1.52 bits per heavy atom.